The van der Waals surface area contributed by atoms with Crippen molar-refractivity contribution in [1.29, 1.82) is 0 Å². The van der Waals surface area contributed by atoms with Crippen LogP contribution in [0.3, 0.4) is 0 Å². The van der Waals surface area contributed by atoms with Crippen LogP contribution >= 0.6 is 0 Å². The first-order chi connectivity index (χ1) is 11.1. The first-order valence-corrected chi connectivity index (χ1v) is 7.37. The Hall–Kier alpha value is -2.28. The minimum atomic E-state index is -0.665. The molecular weight excluding hydrogens is 298 g/mol. The minimum absolute atomic E-state index is 0.0552. The number of rotatable bonds is 4. The average Bonchev–Trinajstić information content (AvgIpc) is 2.96. The maximum Gasteiger partial charge on any atom is 0.270 e. The summed E-state index contributed by atoms with van der Waals surface area (Å²) in [4.78, 5) is 10.4. The van der Waals surface area contributed by atoms with Gasteiger partial charge in [-0.2, -0.15) is 0 Å². The zero-order chi connectivity index (χ0) is 16.4. The highest BCUT2D eigenvalue weighted by atomic mass is 16.6. The van der Waals surface area contributed by atoms with Crippen LogP contribution in [0.25, 0.3) is 11.1 Å². The molecule has 1 aliphatic heterocycles. The number of ether oxygens (including phenoxy) is 1. The Kier molecular flexibility index (Phi) is 4.38. The Morgan fingerprint density at radius 2 is 1.91 bits per heavy atom. The van der Waals surface area contributed by atoms with Crippen molar-refractivity contribution in [2.75, 3.05) is 6.61 Å². The number of nitro benzene ring substituents is 1. The molecule has 1 heterocycles. The minimum Gasteiger partial charge on any atom is -0.394 e. The SMILES string of the molecule is O=[N+]([O-])c1cccc(-c2ccc([C@H]3C[C@H](O)[C@@H](CO)O3)cc2)c1. The largest absolute Gasteiger partial charge is 0.394 e. The zero-order valence-corrected chi connectivity index (χ0v) is 12.3. The smallest absolute Gasteiger partial charge is 0.270 e. The van der Waals surface area contributed by atoms with Crippen molar-refractivity contribution in [2.24, 2.45) is 0 Å². The van der Waals surface area contributed by atoms with Crippen LogP contribution in [0.2, 0.25) is 0 Å². The molecule has 2 N–H and O–H groups in total. The van der Waals surface area contributed by atoms with E-state index in [-0.39, 0.29) is 18.4 Å². The normalized spacial score (nSPS) is 23.8. The van der Waals surface area contributed by atoms with Crippen molar-refractivity contribution in [3.8, 4) is 11.1 Å². The van der Waals surface area contributed by atoms with Gasteiger partial charge in [-0.25, -0.2) is 0 Å². The van der Waals surface area contributed by atoms with Crippen LogP contribution in [0.1, 0.15) is 18.1 Å². The highest BCUT2D eigenvalue weighted by molar-refractivity contribution is 5.66. The lowest BCUT2D eigenvalue weighted by molar-refractivity contribution is -0.384. The molecule has 0 amide bonds. The fourth-order valence-electron chi connectivity index (χ4n) is 2.80. The quantitative estimate of drug-likeness (QED) is 0.668. The van der Waals surface area contributed by atoms with Gasteiger partial charge >= 0.3 is 0 Å². The number of aliphatic hydroxyl groups excluding tert-OH is 2. The molecule has 0 aromatic heterocycles. The van der Waals surface area contributed by atoms with Gasteiger partial charge < -0.3 is 14.9 Å². The van der Waals surface area contributed by atoms with E-state index in [1.54, 1.807) is 6.07 Å². The molecule has 1 saturated heterocycles. The second-order valence-electron chi connectivity index (χ2n) is 5.58. The second kappa shape index (κ2) is 6.45. The molecule has 120 valence electrons. The van der Waals surface area contributed by atoms with Crippen molar-refractivity contribution in [3.63, 3.8) is 0 Å². The van der Waals surface area contributed by atoms with Crippen LogP contribution in [0, 0.1) is 10.1 Å². The van der Waals surface area contributed by atoms with Gasteiger partial charge in [0.25, 0.3) is 5.69 Å². The third kappa shape index (κ3) is 3.24. The van der Waals surface area contributed by atoms with Gasteiger partial charge in [0, 0.05) is 18.6 Å². The van der Waals surface area contributed by atoms with Crippen molar-refractivity contribution in [1.82, 2.24) is 0 Å². The molecule has 6 nitrogen and oxygen atoms in total. The van der Waals surface area contributed by atoms with Gasteiger partial charge in [-0.1, -0.05) is 36.4 Å². The van der Waals surface area contributed by atoms with Crippen molar-refractivity contribution in [3.05, 3.63) is 64.2 Å². The maximum atomic E-state index is 10.8. The molecule has 0 radical (unpaired) electrons. The van der Waals surface area contributed by atoms with Crippen molar-refractivity contribution < 1.29 is 19.9 Å². The van der Waals surface area contributed by atoms with Crippen LogP contribution in [0.4, 0.5) is 5.69 Å². The van der Waals surface area contributed by atoms with E-state index < -0.39 is 17.1 Å². The molecule has 2 aromatic carbocycles. The lowest BCUT2D eigenvalue weighted by atomic mass is 10.00. The van der Waals surface area contributed by atoms with E-state index >= 15 is 0 Å². The summed E-state index contributed by atoms with van der Waals surface area (Å²) in [6.45, 7) is -0.205. The van der Waals surface area contributed by atoms with E-state index in [4.69, 9.17) is 9.84 Å². The fraction of sp³-hybridized carbons (Fsp3) is 0.294. The maximum absolute atomic E-state index is 10.8. The Bertz CT molecular complexity index is 700. The second-order valence-corrected chi connectivity index (χ2v) is 5.58. The van der Waals surface area contributed by atoms with Crippen LogP contribution in [0.15, 0.2) is 48.5 Å². The third-order valence-corrected chi connectivity index (χ3v) is 4.08. The monoisotopic (exact) mass is 315 g/mol. The van der Waals surface area contributed by atoms with Gasteiger partial charge in [0.15, 0.2) is 0 Å². The molecule has 23 heavy (non-hydrogen) atoms. The summed E-state index contributed by atoms with van der Waals surface area (Å²) < 4.78 is 5.62. The van der Waals surface area contributed by atoms with Crippen LogP contribution in [-0.4, -0.2) is 34.0 Å². The number of aliphatic hydroxyl groups is 2. The Labute approximate surface area is 133 Å². The summed E-state index contributed by atoms with van der Waals surface area (Å²) in [5, 5.41) is 29.8. The van der Waals surface area contributed by atoms with Gasteiger partial charge in [-0.05, 0) is 16.7 Å². The van der Waals surface area contributed by atoms with E-state index in [2.05, 4.69) is 0 Å². The Morgan fingerprint density at radius 1 is 1.17 bits per heavy atom. The lowest BCUT2D eigenvalue weighted by Crippen LogP contribution is -2.24. The van der Waals surface area contributed by atoms with Crippen molar-refractivity contribution >= 4 is 5.69 Å². The predicted octanol–water partition coefficient (Wildman–Crippen LogP) is 2.45. The first kappa shape index (κ1) is 15.6. The van der Waals surface area contributed by atoms with Gasteiger partial charge in [0.1, 0.15) is 6.10 Å². The molecule has 0 saturated carbocycles. The van der Waals surface area contributed by atoms with Gasteiger partial charge in [-0.15, -0.1) is 0 Å². The van der Waals surface area contributed by atoms with Gasteiger partial charge in [-0.3, -0.25) is 10.1 Å². The highest BCUT2D eigenvalue weighted by Crippen LogP contribution is 2.34. The number of non-ortho nitro benzene ring substituents is 1. The average molecular weight is 315 g/mol. The number of nitrogens with zero attached hydrogens (tertiary/aromatic N) is 1. The van der Waals surface area contributed by atoms with Crippen LogP contribution in [-0.2, 0) is 4.74 Å². The van der Waals surface area contributed by atoms with E-state index in [1.807, 2.05) is 30.3 Å². The number of benzene rings is 2. The molecule has 3 atom stereocenters. The number of hydrogen-bond acceptors (Lipinski definition) is 5. The molecule has 6 heteroatoms. The van der Waals surface area contributed by atoms with E-state index in [0.29, 0.717) is 6.42 Å². The molecule has 0 unspecified atom stereocenters. The Morgan fingerprint density at radius 3 is 2.52 bits per heavy atom. The molecule has 0 bridgehead atoms. The third-order valence-electron chi connectivity index (χ3n) is 4.08. The molecule has 3 rings (SSSR count). The molecule has 0 aliphatic carbocycles. The molecule has 1 aliphatic rings. The van der Waals surface area contributed by atoms with Gasteiger partial charge in [0.2, 0.25) is 0 Å². The van der Waals surface area contributed by atoms with Gasteiger partial charge in [0.05, 0.1) is 23.7 Å². The Balaban J connectivity index is 1.80. The number of hydrogen-bond donors (Lipinski definition) is 2. The zero-order valence-electron chi connectivity index (χ0n) is 12.3. The van der Waals surface area contributed by atoms with E-state index in [9.17, 15) is 15.2 Å². The first-order valence-electron chi connectivity index (χ1n) is 7.37. The topological polar surface area (TPSA) is 92.8 Å². The molecule has 1 fully saturated rings. The highest BCUT2D eigenvalue weighted by Gasteiger charge is 2.34. The summed E-state index contributed by atoms with van der Waals surface area (Å²) in [6.07, 6.45) is -1.01. The summed E-state index contributed by atoms with van der Waals surface area (Å²) >= 11 is 0. The fourth-order valence-corrected chi connectivity index (χ4v) is 2.80. The lowest BCUT2D eigenvalue weighted by Gasteiger charge is -2.13. The molecule has 2 aromatic rings. The van der Waals surface area contributed by atoms with Crippen molar-refractivity contribution in [2.45, 2.75) is 24.7 Å². The van der Waals surface area contributed by atoms with Crippen LogP contribution in [0.5, 0.6) is 0 Å². The predicted molar refractivity (Wildman–Crippen MR) is 83.9 cm³/mol. The molecular formula is C17H17NO5. The summed E-state index contributed by atoms with van der Waals surface area (Å²) in [5.74, 6) is 0. The van der Waals surface area contributed by atoms with Crippen LogP contribution < -0.4 is 0 Å². The number of nitro groups is 1. The molecule has 0 spiro atoms. The van der Waals surface area contributed by atoms with E-state index in [1.165, 1.54) is 12.1 Å². The van der Waals surface area contributed by atoms with E-state index in [0.717, 1.165) is 16.7 Å². The summed E-state index contributed by atoms with van der Waals surface area (Å²) in [7, 11) is 0. The standard InChI is InChI=1S/C17H17NO5/c19-10-17-15(20)9-16(23-17)12-6-4-11(5-7-12)13-2-1-3-14(8-13)18(21)22/h1-8,15-17,19-20H,9-10H2/t15-,16+,17+/m0/s1. The summed E-state index contributed by atoms with van der Waals surface area (Å²) in [6, 6.07) is 14.0. The summed E-state index contributed by atoms with van der Waals surface area (Å²) in [5.41, 5.74) is 2.61.